The molecule has 6 nitrogen and oxygen atoms in total. The topological polar surface area (TPSA) is 79.4 Å². The van der Waals surface area contributed by atoms with Gasteiger partial charge < -0.3 is 5.32 Å². The second-order valence-corrected chi connectivity index (χ2v) is 9.48. The van der Waals surface area contributed by atoms with Gasteiger partial charge in [0.2, 0.25) is 10.0 Å². The zero-order valence-electron chi connectivity index (χ0n) is 15.9. The molecule has 0 aliphatic carbocycles. The number of amides is 1. The number of hydrogen-bond acceptors (Lipinski definition) is 5. The van der Waals surface area contributed by atoms with Crippen LogP contribution in [0.3, 0.4) is 0 Å². The molecular weight excluding hydrogens is 413 g/mol. The van der Waals surface area contributed by atoms with Crippen molar-refractivity contribution in [1.29, 1.82) is 0 Å². The molecule has 3 aromatic rings. The van der Waals surface area contributed by atoms with Gasteiger partial charge in [-0.15, -0.1) is 11.3 Å². The number of sulfonamides is 1. The van der Waals surface area contributed by atoms with Crippen molar-refractivity contribution in [2.45, 2.75) is 11.3 Å². The van der Waals surface area contributed by atoms with Gasteiger partial charge in [-0.2, -0.15) is 0 Å². The zero-order chi connectivity index (χ0) is 21.0. The van der Waals surface area contributed by atoms with Crippen molar-refractivity contribution in [3.63, 3.8) is 0 Å². The Labute approximate surface area is 173 Å². The zero-order valence-corrected chi connectivity index (χ0v) is 17.6. The third-order valence-corrected chi connectivity index (χ3v) is 6.97. The fourth-order valence-corrected chi connectivity index (χ4v) is 4.30. The van der Waals surface area contributed by atoms with Crippen LogP contribution in [-0.2, 0) is 16.4 Å². The van der Waals surface area contributed by atoms with Crippen LogP contribution in [0.2, 0.25) is 0 Å². The maximum atomic E-state index is 13.0. The van der Waals surface area contributed by atoms with E-state index in [0.29, 0.717) is 18.5 Å². The molecule has 0 spiro atoms. The molecule has 0 bridgehead atoms. The minimum atomic E-state index is -3.52. The van der Waals surface area contributed by atoms with E-state index < -0.39 is 10.0 Å². The minimum Gasteiger partial charge on any atom is -0.352 e. The summed E-state index contributed by atoms with van der Waals surface area (Å²) in [5.41, 5.74) is 2.06. The van der Waals surface area contributed by atoms with E-state index in [1.165, 1.54) is 61.8 Å². The van der Waals surface area contributed by atoms with Gasteiger partial charge in [-0.1, -0.05) is 0 Å². The molecule has 9 heteroatoms. The number of carbonyl (C=O) groups is 1. The molecule has 1 aromatic heterocycles. The molecule has 0 radical (unpaired) electrons. The first-order valence-corrected chi connectivity index (χ1v) is 11.1. The Morgan fingerprint density at radius 2 is 1.76 bits per heavy atom. The van der Waals surface area contributed by atoms with Crippen LogP contribution in [0.1, 0.15) is 16.1 Å². The number of hydrogen-bond donors (Lipinski definition) is 1. The summed E-state index contributed by atoms with van der Waals surface area (Å²) in [6.07, 6.45) is 0.552. The van der Waals surface area contributed by atoms with Gasteiger partial charge in [0, 0.05) is 43.6 Å². The molecule has 2 aromatic carbocycles. The molecule has 0 fully saturated rings. The summed E-state index contributed by atoms with van der Waals surface area (Å²) in [4.78, 5) is 16.9. The predicted molar refractivity (Wildman–Crippen MR) is 111 cm³/mol. The Morgan fingerprint density at radius 3 is 2.38 bits per heavy atom. The van der Waals surface area contributed by atoms with Crippen LogP contribution in [-0.4, -0.2) is 44.3 Å². The number of halogens is 1. The van der Waals surface area contributed by atoms with Crippen LogP contribution in [0.15, 0.2) is 58.8 Å². The number of benzene rings is 2. The van der Waals surface area contributed by atoms with Gasteiger partial charge in [-0.3, -0.25) is 4.79 Å². The number of nitrogens with zero attached hydrogens (tertiary/aromatic N) is 2. The Morgan fingerprint density at radius 1 is 1.10 bits per heavy atom. The van der Waals surface area contributed by atoms with E-state index in [9.17, 15) is 17.6 Å². The summed E-state index contributed by atoms with van der Waals surface area (Å²) >= 11 is 1.46. The van der Waals surface area contributed by atoms with Crippen LogP contribution in [0.5, 0.6) is 0 Å². The molecule has 1 amide bonds. The normalized spacial score (nSPS) is 11.6. The van der Waals surface area contributed by atoms with E-state index in [2.05, 4.69) is 10.3 Å². The van der Waals surface area contributed by atoms with Gasteiger partial charge >= 0.3 is 0 Å². The number of thiazole rings is 1. The Bertz CT molecular complexity index is 1090. The lowest BCUT2D eigenvalue weighted by atomic mass is 10.2. The van der Waals surface area contributed by atoms with E-state index in [0.717, 1.165) is 20.6 Å². The average molecular weight is 434 g/mol. The summed E-state index contributed by atoms with van der Waals surface area (Å²) in [7, 11) is -0.613. The molecule has 29 heavy (non-hydrogen) atoms. The molecule has 1 heterocycles. The summed E-state index contributed by atoms with van der Waals surface area (Å²) < 4.78 is 38.3. The highest BCUT2D eigenvalue weighted by molar-refractivity contribution is 7.89. The quantitative estimate of drug-likeness (QED) is 0.621. The molecule has 0 saturated carbocycles. The fourth-order valence-electron chi connectivity index (χ4n) is 2.54. The lowest BCUT2D eigenvalue weighted by molar-refractivity contribution is 0.0954. The van der Waals surface area contributed by atoms with Crippen molar-refractivity contribution in [2.24, 2.45) is 0 Å². The van der Waals surface area contributed by atoms with Crippen LogP contribution in [0.4, 0.5) is 4.39 Å². The Kier molecular flexibility index (Phi) is 6.41. The van der Waals surface area contributed by atoms with Gasteiger partial charge in [-0.25, -0.2) is 22.1 Å². The summed E-state index contributed by atoms with van der Waals surface area (Å²) in [5, 5.41) is 5.51. The monoisotopic (exact) mass is 433 g/mol. The van der Waals surface area contributed by atoms with Crippen LogP contribution in [0.25, 0.3) is 10.6 Å². The van der Waals surface area contributed by atoms with E-state index >= 15 is 0 Å². The summed E-state index contributed by atoms with van der Waals surface area (Å²) in [5.74, 6) is -0.576. The smallest absolute Gasteiger partial charge is 0.251 e. The van der Waals surface area contributed by atoms with Crippen molar-refractivity contribution in [3.8, 4) is 10.6 Å². The number of aromatic nitrogens is 1. The molecular formula is C20H20FN3O3S2. The van der Waals surface area contributed by atoms with E-state index in [1.54, 1.807) is 12.1 Å². The van der Waals surface area contributed by atoms with Crippen LogP contribution >= 0.6 is 11.3 Å². The lowest BCUT2D eigenvalue weighted by Crippen LogP contribution is -2.26. The lowest BCUT2D eigenvalue weighted by Gasteiger charge is -2.11. The third-order valence-electron chi connectivity index (χ3n) is 4.20. The standard InChI is InChI=1S/C20H20FN3O3S2/c1-24(2)29(26,27)18-9-5-14(6-10-18)19(25)22-12-11-17-13-28-20(23-17)15-3-7-16(21)8-4-15/h3-10,13H,11-12H2,1-2H3,(H,22,25). The largest absolute Gasteiger partial charge is 0.352 e. The maximum Gasteiger partial charge on any atom is 0.251 e. The summed E-state index contributed by atoms with van der Waals surface area (Å²) in [6.45, 7) is 0.392. The van der Waals surface area contributed by atoms with E-state index in [4.69, 9.17) is 0 Å². The molecule has 0 atom stereocenters. The fraction of sp³-hybridized carbons (Fsp3) is 0.200. The number of nitrogens with one attached hydrogen (secondary N) is 1. The third kappa shape index (κ3) is 5.06. The molecule has 0 aliphatic rings. The van der Waals surface area contributed by atoms with Crippen molar-refractivity contribution < 1.29 is 17.6 Å². The van der Waals surface area contributed by atoms with Gasteiger partial charge in [0.15, 0.2) is 0 Å². The first-order valence-electron chi connectivity index (χ1n) is 8.78. The summed E-state index contributed by atoms with van der Waals surface area (Å²) in [6, 6.07) is 12.0. The minimum absolute atomic E-state index is 0.134. The highest BCUT2D eigenvalue weighted by Gasteiger charge is 2.17. The van der Waals surface area contributed by atoms with Gasteiger partial charge in [-0.05, 0) is 48.5 Å². The van der Waals surface area contributed by atoms with E-state index in [1.807, 2.05) is 5.38 Å². The van der Waals surface area contributed by atoms with Crippen LogP contribution < -0.4 is 5.32 Å². The molecule has 0 unspecified atom stereocenters. The maximum absolute atomic E-state index is 13.0. The highest BCUT2D eigenvalue weighted by Crippen LogP contribution is 2.24. The van der Waals surface area contributed by atoms with Crippen molar-refractivity contribution >= 4 is 27.3 Å². The highest BCUT2D eigenvalue weighted by atomic mass is 32.2. The Hall–Kier alpha value is -2.62. The van der Waals surface area contributed by atoms with Gasteiger partial charge in [0.25, 0.3) is 5.91 Å². The Balaban J connectivity index is 1.56. The molecule has 1 N–H and O–H groups in total. The molecule has 152 valence electrons. The molecule has 3 rings (SSSR count). The first kappa shape index (κ1) is 21.1. The SMILES string of the molecule is CN(C)S(=O)(=O)c1ccc(C(=O)NCCc2csc(-c3ccc(F)cc3)n2)cc1. The number of carbonyl (C=O) groups excluding carboxylic acids is 1. The predicted octanol–water partition coefficient (Wildman–Crippen LogP) is 3.17. The molecule has 0 saturated heterocycles. The van der Waals surface area contributed by atoms with Crippen molar-refractivity contribution in [2.75, 3.05) is 20.6 Å². The second-order valence-electron chi connectivity index (χ2n) is 6.47. The van der Waals surface area contributed by atoms with Crippen LogP contribution in [0, 0.1) is 5.82 Å². The van der Waals surface area contributed by atoms with Gasteiger partial charge in [0.05, 0.1) is 10.6 Å². The van der Waals surface area contributed by atoms with Gasteiger partial charge in [0.1, 0.15) is 10.8 Å². The molecule has 0 aliphatic heterocycles. The average Bonchev–Trinajstić information content (AvgIpc) is 3.17. The first-order chi connectivity index (χ1) is 13.8. The second kappa shape index (κ2) is 8.81. The van der Waals surface area contributed by atoms with Crippen molar-refractivity contribution in [1.82, 2.24) is 14.6 Å². The van der Waals surface area contributed by atoms with E-state index in [-0.39, 0.29) is 16.6 Å². The van der Waals surface area contributed by atoms with Crippen molar-refractivity contribution in [3.05, 3.63) is 71.0 Å². The number of rotatable bonds is 7.